The van der Waals surface area contributed by atoms with E-state index in [9.17, 15) is 4.79 Å². The van der Waals surface area contributed by atoms with E-state index in [0.29, 0.717) is 24.5 Å². The molecule has 0 aliphatic rings. The maximum absolute atomic E-state index is 15.0. The van der Waals surface area contributed by atoms with Gasteiger partial charge in [-0.3, -0.25) is 14.1 Å². The Labute approximate surface area is 220 Å². The highest BCUT2D eigenvalue weighted by Crippen LogP contribution is 2.29. The number of aromatic nitrogens is 7. The number of halogens is 1. The first-order valence-electron chi connectivity index (χ1n) is 13.0. The van der Waals surface area contributed by atoms with Gasteiger partial charge in [-0.15, -0.1) is 5.10 Å². The molecule has 0 bridgehead atoms. The van der Waals surface area contributed by atoms with Gasteiger partial charge in [0.1, 0.15) is 5.82 Å². The number of pyridine rings is 1. The van der Waals surface area contributed by atoms with Crippen LogP contribution in [0, 0.1) is 5.82 Å². The summed E-state index contributed by atoms with van der Waals surface area (Å²) >= 11 is 0. The topological polar surface area (TPSA) is 94.3 Å². The second kappa shape index (κ2) is 11.3. The molecule has 0 unspecified atom stereocenters. The van der Waals surface area contributed by atoms with Crippen molar-refractivity contribution >= 4 is 0 Å². The molecule has 0 amide bonds. The molecule has 3 aromatic heterocycles. The maximum Gasteiger partial charge on any atom is 0.333 e. The van der Waals surface area contributed by atoms with Gasteiger partial charge in [0.25, 0.3) is 0 Å². The highest BCUT2D eigenvalue weighted by atomic mass is 19.1. The van der Waals surface area contributed by atoms with E-state index >= 15 is 4.39 Å². The fourth-order valence-electron chi connectivity index (χ4n) is 4.79. The van der Waals surface area contributed by atoms with E-state index in [4.69, 9.17) is 0 Å². The summed E-state index contributed by atoms with van der Waals surface area (Å²) in [7, 11) is 0. The first-order valence-corrected chi connectivity index (χ1v) is 13.0. The summed E-state index contributed by atoms with van der Waals surface area (Å²) in [6, 6.07) is 15.0. The van der Waals surface area contributed by atoms with Crippen LogP contribution in [0.5, 0.6) is 0 Å². The van der Waals surface area contributed by atoms with Crippen molar-refractivity contribution in [2.45, 2.75) is 52.5 Å². The van der Waals surface area contributed by atoms with Crippen LogP contribution in [0.3, 0.4) is 0 Å². The van der Waals surface area contributed by atoms with E-state index in [1.54, 1.807) is 23.0 Å². The van der Waals surface area contributed by atoms with E-state index in [0.717, 1.165) is 59.2 Å². The lowest BCUT2D eigenvalue weighted by Gasteiger charge is -2.11. The quantitative estimate of drug-likeness (QED) is 0.272. The van der Waals surface area contributed by atoms with E-state index < -0.39 is 0 Å². The number of imidazole rings is 1. The zero-order chi connectivity index (χ0) is 26.5. The molecular formula is C29H30FN7O. The lowest BCUT2D eigenvalue weighted by atomic mass is 10.00. The summed E-state index contributed by atoms with van der Waals surface area (Å²) in [6.07, 6.45) is 9.55. The predicted octanol–water partition coefficient (Wildman–Crippen LogP) is 5.36. The lowest BCUT2D eigenvalue weighted by Crippen LogP contribution is -2.26. The summed E-state index contributed by atoms with van der Waals surface area (Å²) in [6.45, 7) is 4.57. The Morgan fingerprint density at radius 1 is 0.974 bits per heavy atom. The van der Waals surface area contributed by atoms with Crippen molar-refractivity contribution < 1.29 is 4.39 Å². The number of nitrogens with zero attached hydrogens (tertiary/aromatic N) is 6. The molecule has 1 N–H and O–H groups in total. The zero-order valence-electron chi connectivity index (χ0n) is 21.6. The van der Waals surface area contributed by atoms with Gasteiger partial charge >= 0.3 is 5.69 Å². The van der Waals surface area contributed by atoms with Gasteiger partial charge in [0.05, 0.1) is 12.2 Å². The first kappa shape index (κ1) is 25.3. The second-order valence-electron chi connectivity index (χ2n) is 9.33. The molecule has 0 spiro atoms. The Bertz CT molecular complexity index is 1570. The van der Waals surface area contributed by atoms with Crippen LogP contribution in [0.15, 0.2) is 71.9 Å². The predicted molar refractivity (Wildman–Crippen MR) is 145 cm³/mol. The summed E-state index contributed by atoms with van der Waals surface area (Å²) in [5.74, 6) is 0.165. The summed E-state index contributed by atoms with van der Waals surface area (Å²) in [5.41, 5.74) is 5.58. The van der Waals surface area contributed by atoms with Gasteiger partial charge in [-0.1, -0.05) is 63.1 Å². The number of hydrogen-bond donors (Lipinski definition) is 1. The van der Waals surface area contributed by atoms with Crippen molar-refractivity contribution in [3.63, 3.8) is 0 Å². The molecule has 0 saturated carbocycles. The van der Waals surface area contributed by atoms with Gasteiger partial charge in [0.15, 0.2) is 5.82 Å². The van der Waals surface area contributed by atoms with E-state index in [1.165, 1.54) is 10.6 Å². The van der Waals surface area contributed by atoms with Crippen molar-refractivity contribution in [3.05, 3.63) is 100 Å². The highest BCUT2D eigenvalue weighted by molar-refractivity contribution is 5.79. The molecule has 5 aromatic rings. The number of para-hydroxylation sites is 1. The first-order chi connectivity index (χ1) is 18.6. The molecular weight excluding hydrogens is 481 g/mol. The molecule has 0 aliphatic heterocycles. The average Bonchev–Trinajstić information content (AvgIpc) is 3.58. The summed E-state index contributed by atoms with van der Waals surface area (Å²) < 4.78 is 18.3. The third kappa shape index (κ3) is 5.04. The molecule has 8 nitrogen and oxygen atoms in total. The van der Waals surface area contributed by atoms with Crippen LogP contribution < -0.4 is 5.69 Å². The Balaban J connectivity index is 1.50. The molecule has 0 fully saturated rings. The minimum Gasteiger partial charge on any atom is -0.292 e. The molecule has 38 heavy (non-hydrogen) atoms. The number of tetrazole rings is 1. The fraction of sp³-hybridized carbons (Fsp3) is 0.276. The molecule has 2 aromatic carbocycles. The van der Waals surface area contributed by atoms with Crippen LogP contribution in [-0.2, 0) is 19.4 Å². The number of aryl methyl sites for hydroxylation is 2. The normalized spacial score (nSPS) is 11.2. The number of benzene rings is 2. The third-order valence-electron chi connectivity index (χ3n) is 6.71. The van der Waals surface area contributed by atoms with Crippen molar-refractivity contribution in [1.82, 2.24) is 34.7 Å². The van der Waals surface area contributed by atoms with E-state index in [2.05, 4.69) is 39.5 Å². The van der Waals surface area contributed by atoms with Gasteiger partial charge < -0.3 is 0 Å². The van der Waals surface area contributed by atoms with Gasteiger partial charge in [-0.2, -0.15) is 0 Å². The smallest absolute Gasteiger partial charge is 0.292 e. The largest absolute Gasteiger partial charge is 0.333 e. The minimum atomic E-state index is -0.378. The van der Waals surface area contributed by atoms with Crippen LogP contribution in [0.4, 0.5) is 4.39 Å². The number of nitrogens with one attached hydrogen (secondary N) is 1. The molecule has 0 aliphatic carbocycles. The molecule has 5 rings (SSSR count). The number of H-pyrrole nitrogens is 1. The highest BCUT2D eigenvalue weighted by Gasteiger charge is 2.18. The van der Waals surface area contributed by atoms with Crippen LogP contribution in [-0.4, -0.2) is 34.7 Å². The Morgan fingerprint density at radius 2 is 1.82 bits per heavy atom. The molecule has 0 saturated heterocycles. The van der Waals surface area contributed by atoms with E-state index in [1.807, 2.05) is 42.6 Å². The van der Waals surface area contributed by atoms with Crippen molar-refractivity contribution in [2.75, 3.05) is 0 Å². The van der Waals surface area contributed by atoms with Crippen molar-refractivity contribution in [1.29, 1.82) is 0 Å². The lowest BCUT2D eigenvalue weighted by molar-refractivity contribution is 0.609. The van der Waals surface area contributed by atoms with E-state index in [-0.39, 0.29) is 11.5 Å². The number of hydrogen-bond acceptors (Lipinski definition) is 5. The van der Waals surface area contributed by atoms with Gasteiger partial charge in [0, 0.05) is 29.8 Å². The molecule has 194 valence electrons. The number of aromatic amines is 1. The third-order valence-corrected chi connectivity index (χ3v) is 6.71. The molecule has 9 heteroatoms. The van der Waals surface area contributed by atoms with Crippen LogP contribution >= 0.6 is 0 Å². The van der Waals surface area contributed by atoms with Crippen LogP contribution in [0.1, 0.15) is 49.9 Å². The molecule has 0 radical (unpaired) electrons. The van der Waals surface area contributed by atoms with Crippen molar-refractivity contribution in [3.8, 4) is 28.2 Å². The second-order valence-corrected chi connectivity index (χ2v) is 9.33. The Hall–Kier alpha value is -4.40. The molecule has 0 atom stereocenters. The van der Waals surface area contributed by atoms with Crippen LogP contribution in [0.2, 0.25) is 0 Å². The average molecular weight is 512 g/mol. The Kier molecular flexibility index (Phi) is 7.53. The van der Waals surface area contributed by atoms with Gasteiger partial charge in [-0.25, -0.2) is 14.3 Å². The summed E-state index contributed by atoms with van der Waals surface area (Å²) in [4.78, 5) is 17.9. The zero-order valence-corrected chi connectivity index (χ0v) is 21.6. The standard InChI is InChI=1S/C29H30FN7O/c1-3-5-9-23-19-37(27-22(7-4-2)8-6-10-26(27)30)29(38)36(23)18-20-11-13-21(14-12-20)24-15-16-31-17-25(24)28-32-34-35-33-28/h6,8,10-17,19H,3-5,7,9,18H2,1-2H3,(H,32,33,34,35). The van der Waals surface area contributed by atoms with Gasteiger partial charge in [0.2, 0.25) is 0 Å². The number of rotatable bonds is 10. The van der Waals surface area contributed by atoms with Crippen molar-refractivity contribution in [2.24, 2.45) is 0 Å². The summed E-state index contributed by atoms with van der Waals surface area (Å²) in [5, 5.41) is 14.1. The monoisotopic (exact) mass is 511 g/mol. The SMILES string of the molecule is CCCCc1cn(-c2c(F)cccc2CCC)c(=O)n1Cc1ccc(-c2ccncc2-c2nnn[nH]2)cc1. The minimum absolute atomic E-state index is 0.225. The Morgan fingerprint density at radius 3 is 2.55 bits per heavy atom. The van der Waals surface area contributed by atoms with Gasteiger partial charge in [-0.05, 0) is 64.1 Å². The maximum atomic E-state index is 15.0. The fourth-order valence-corrected chi connectivity index (χ4v) is 4.79. The molecule has 3 heterocycles. The number of unbranched alkanes of at least 4 members (excludes halogenated alkanes) is 1. The van der Waals surface area contributed by atoms with Crippen LogP contribution in [0.25, 0.3) is 28.2 Å².